The molecule has 3 aliphatic rings. The summed E-state index contributed by atoms with van der Waals surface area (Å²) in [5, 5.41) is 0. The second-order valence-corrected chi connectivity index (χ2v) is 8.65. The van der Waals surface area contributed by atoms with Crippen molar-refractivity contribution in [3.8, 4) is 0 Å². The minimum atomic E-state index is -0.722. The van der Waals surface area contributed by atoms with Crippen molar-refractivity contribution < 1.29 is 9.53 Å². The Kier molecular flexibility index (Phi) is 4.23. The fourth-order valence-corrected chi connectivity index (χ4v) is 5.89. The smallest absolute Gasteiger partial charge is 0.130 e. The molecule has 0 amide bonds. The molecule has 3 aromatic rings. The Balaban J connectivity index is 1.70. The lowest BCUT2D eigenvalue weighted by atomic mass is 9.63. The predicted molar refractivity (Wildman–Crippen MR) is 120 cm³/mol. The fraction of sp³-hybridized carbons (Fsp3) is 0.172. The Bertz CT molecular complexity index is 1120. The number of fused-ring (bicyclic) bond motifs is 7. The maximum atomic E-state index is 12.5. The molecule has 5 radical (unpaired) electrons. The summed E-state index contributed by atoms with van der Waals surface area (Å²) in [5.41, 5.74) is 3.13. The van der Waals surface area contributed by atoms with Crippen LogP contribution < -0.4 is 0 Å². The topological polar surface area (TPSA) is 26.3 Å². The first-order chi connectivity index (χ1) is 15.2. The lowest BCUT2D eigenvalue weighted by Gasteiger charge is -2.52. The number of carbonyl (C=O) groups excluding carboxylic acids is 1. The Labute approximate surface area is 184 Å². The summed E-state index contributed by atoms with van der Waals surface area (Å²) in [5.74, 6) is 2.46. The van der Waals surface area contributed by atoms with E-state index in [1.54, 1.807) is 6.92 Å². The van der Waals surface area contributed by atoms with Gasteiger partial charge in [-0.15, -0.1) is 0 Å². The van der Waals surface area contributed by atoms with Crippen LogP contribution in [0.1, 0.15) is 35.6 Å². The Hall–Kier alpha value is -2.71. The highest BCUT2D eigenvalue weighted by molar-refractivity contribution is 5.78. The van der Waals surface area contributed by atoms with Crippen molar-refractivity contribution in [3.63, 3.8) is 0 Å². The molecular formula is C29H23O2. The monoisotopic (exact) mass is 403 g/mol. The van der Waals surface area contributed by atoms with E-state index in [1.165, 1.54) is 11.5 Å². The van der Waals surface area contributed by atoms with Gasteiger partial charge in [0.15, 0.2) is 0 Å². The standard InChI is InChI=1S/C29H23O2/c1-20(30)19-27-23-15-10-18-24(23)28(21-11-4-2-5-12-21)25-16-8-9-17-26(25)29(27,31-28)22-13-6-3-7-14-22/h2-18,27H,19H2,1H3/t27-,28-,29-/m0/s1. The van der Waals surface area contributed by atoms with Gasteiger partial charge in [-0.2, -0.15) is 0 Å². The van der Waals surface area contributed by atoms with Crippen LogP contribution in [0.5, 0.6) is 0 Å². The van der Waals surface area contributed by atoms with Crippen molar-refractivity contribution in [1.82, 2.24) is 0 Å². The Morgan fingerprint density at radius 2 is 1.42 bits per heavy atom. The summed E-state index contributed by atoms with van der Waals surface area (Å²) in [6.45, 7) is 1.68. The molecule has 2 bridgehead atoms. The van der Waals surface area contributed by atoms with Gasteiger partial charge in [0.05, 0.1) is 0 Å². The number of ketones is 1. The third kappa shape index (κ3) is 2.46. The van der Waals surface area contributed by atoms with Crippen LogP contribution in [0.2, 0.25) is 0 Å². The van der Waals surface area contributed by atoms with E-state index in [0.29, 0.717) is 6.42 Å². The predicted octanol–water partition coefficient (Wildman–Crippen LogP) is 5.59. The van der Waals surface area contributed by atoms with E-state index in [-0.39, 0.29) is 11.7 Å². The number of rotatable bonds is 4. The molecule has 0 aromatic heterocycles. The summed E-state index contributed by atoms with van der Waals surface area (Å²) in [7, 11) is 0. The summed E-state index contributed by atoms with van der Waals surface area (Å²) >= 11 is 0. The molecule has 2 heteroatoms. The van der Waals surface area contributed by atoms with Crippen LogP contribution in [-0.4, -0.2) is 5.78 Å². The van der Waals surface area contributed by atoms with E-state index < -0.39 is 11.2 Å². The summed E-state index contributed by atoms with van der Waals surface area (Å²) in [6.07, 6.45) is 6.90. The Morgan fingerprint density at radius 1 is 0.806 bits per heavy atom. The first kappa shape index (κ1) is 19.0. The lowest BCUT2D eigenvalue weighted by molar-refractivity contribution is -0.145. The third-order valence-electron chi connectivity index (χ3n) is 6.99. The van der Waals surface area contributed by atoms with E-state index in [0.717, 1.165) is 22.6 Å². The van der Waals surface area contributed by atoms with Gasteiger partial charge in [-0.05, 0) is 54.4 Å². The van der Waals surface area contributed by atoms with Crippen molar-refractivity contribution in [2.75, 3.05) is 0 Å². The maximum Gasteiger partial charge on any atom is 0.130 e. The highest BCUT2D eigenvalue weighted by Crippen LogP contribution is 2.71. The number of hydrogen-bond acceptors (Lipinski definition) is 2. The minimum absolute atomic E-state index is 0.0853. The number of Topliss-reactive ketones (excluding diaryl/α,β-unsaturated/α-hetero) is 1. The van der Waals surface area contributed by atoms with Gasteiger partial charge in [0.25, 0.3) is 0 Å². The maximum absolute atomic E-state index is 12.5. The molecule has 1 aliphatic carbocycles. The molecule has 1 saturated carbocycles. The van der Waals surface area contributed by atoms with E-state index in [1.807, 2.05) is 12.1 Å². The van der Waals surface area contributed by atoms with E-state index in [9.17, 15) is 4.79 Å². The zero-order valence-corrected chi connectivity index (χ0v) is 17.4. The van der Waals surface area contributed by atoms with Gasteiger partial charge in [-0.25, -0.2) is 0 Å². The number of benzene rings is 3. The minimum Gasteiger partial charge on any atom is -0.349 e. The van der Waals surface area contributed by atoms with E-state index >= 15 is 0 Å². The molecule has 2 aliphatic heterocycles. The summed E-state index contributed by atoms with van der Waals surface area (Å²) in [4.78, 5) is 12.5. The summed E-state index contributed by atoms with van der Waals surface area (Å²) in [6, 6.07) is 29.5. The van der Waals surface area contributed by atoms with Crippen LogP contribution in [0.3, 0.4) is 0 Å². The molecule has 6 rings (SSSR count). The second-order valence-electron chi connectivity index (χ2n) is 8.65. The molecule has 0 spiro atoms. The average molecular weight is 404 g/mol. The van der Waals surface area contributed by atoms with Crippen LogP contribution in [0.4, 0.5) is 0 Å². The normalized spacial score (nSPS) is 29.5. The van der Waals surface area contributed by atoms with Crippen LogP contribution in [-0.2, 0) is 20.7 Å². The van der Waals surface area contributed by atoms with Crippen molar-refractivity contribution >= 4 is 5.78 Å². The second kappa shape index (κ2) is 6.90. The van der Waals surface area contributed by atoms with Crippen LogP contribution in [0, 0.1) is 37.0 Å². The quantitative estimate of drug-likeness (QED) is 0.568. The van der Waals surface area contributed by atoms with Crippen molar-refractivity contribution in [1.29, 1.82) is 0 Å². The molecule has 3 aromatic carbocycles. The van der Waals surface area contributed by atoms with Crippen LogP contribution in [0.25, 0.3) is 0 Å². The molecule has 31 heavy (non-hydrogen) atoms. The molecule has 3 atom stereocenters. The van der Waals surface area contributed by atoms with Crippen LogP contribution in [0.15, 0.2) is 84.9 Å². The van der Waals surface area contributed by atoms with Gasteiger partial charge in [0.2, 0.25) is 0 Å². The van der Waals surface area contributed by atoms with Crippen molar-refractivity contribution in [2.45, 2.75) is 24.5 Å². The van der Waals surface area contributed by atoms with Gasteiger partial charge < -0.3 is 9.53 Å². The first-order valence-electron chi connectivity index (χ1n) is 10.8. The molecule has 151 valence electrons. The number of ether oxygens (including phenoxy) is 1. The van der Waals surface area contributed by atoms with Gasteiger partial charge in [-0.3, -0.25) is 0 Å². The zero-order valence-electron chi connectivity index (χ0n) is 17.4. The molecule has 2 heterocycles. The van der Waals surface area contributed by atoms with Gasteiger partial charge in [0.1, 0.15) is 17.0 Å². The number of carbonyl (C=O) groups is 1. The lowest BCUT2D eigenvalue weighted by Crippen LogP contribution is -2.52. The SMILES string of the molecule is CC(=O)C[C@H]1[C]2[CH][CH][CH][C]2[C@]2(c3ccccc3)O[C@@]1(c1ccccc1)c1ccccc12. The highest BCUT2D eigenvalue weighted by Gasteiger charge is 2.69. The fourth-order valence-electron chi connectivity index (χ4n) is 5.89. The van der Waals surface area contributed by atoms with Gasteiger partial charge >= 0.3 is 0 Å². The number of hydrogen-bond donors (Lipinski definition) is 0. The van der Waals surface area contributed by atoms with Crippen molar-refractivity contribution in [3.05, 3.63) is 138 Å². The van der Waals surface area contributed by atoms with Crippen molar-refractivity contribution in [2.24, 2.45) is 5.92 Å². The van der Waals surface area contributed by atoms with Crippen LogP contribution >= 0.6 is 0 Å². The molecule has 2 nitrogen and oxygen atoms in total. The summed E-state index contributed by atoms with van der Waals surface area (Å²) < 4.78 is 7.36. The molecule has 2 fully saturated rings. The van der Waals surface area contributed by atoms with E-state index in [4.69, 9.17) is 4.74 Å². The molecule has 1 saturated heterocycles. The molecule has 0 N–H and O–H groups in total. The molecule has 0 unspecified atom stereocenters. The van der Waals surface area contributed by atoms with Gasteiger partial charge in [0, 0.05) is 18.3 Å². The third-order valence-corrected chi connectivity index (χ3v) is 6.99. The largest absolute Gasteiger partial charge is 0.349 e. The van der Waals surface area contributed by atoms with E-state index in [2.05, 4.69) is 92.1 Å². The highest BCUT2D eigenvalue weighted by atomic mass is 16.5. The average Bonchev–Trinajstić information content (AvgIpc) is 3.41. The zero-order chi connectivity index (χ0) is 21.1. The molecular weight excluding hydrogens is 380 g/mol. The van der Waals surface area contributed by atoms with Gasteiger partial charge in [-0.1, -0.05) is 84.9 Å². The Morgan fingerprint density at radius 3 is 2.10 bits per heavy atom. The first-order valence-corrected chi connectivity index (χ1v) is 10.8.